The van der Waals surface area contributed by atoms with Gasteiger partial charge in [0.1, 0.15) is 0 Å². The Morgan fingerprint density at radius 2 is 1.88 bits per heavy atom. The summed E-state index contributed by atoms with van der Waals surface area (Å²) in [5.74, 6) is 0.828. The SMILES string of the molecule is CC1CCCN(CCCNC(=S)Nc2cccc(C(=O)c3ccc(C(C)(C)C)cc3)c2)C1. The molecule has 1 fully saturated rings. The molecule has 3 rings (SSSR count). The third-order valence-corrected chi connectivity index (χ3v) is 6.32. The number of benzene rings is 2. The molecule has 1 aliphatic heterocycles. The molecule has 0 saturated carbocycles. The molecule has 5 heteroatoms. The smallest absolute Gasteiger partial charge is 0.193 e. The monoisotopic (exact) mass is 451 g/mol. The lowest BCUT2D eigenvalue weighted by Crippen LogP contribution is -2.37. The number of hydrogen-bond acceptors (Lipinski definition) is 3. The van der Waals surface area contributed by atoms with E-state index in [0.29, 0.717) is 16.2 Å². The Morgan fingerprint density at radius 1 is 1.12 bits per heavy atom. The fourth-order valence-corrected chi connectivity index (χ4v) is 4.42. The summed E-state index contributed by atoms with van der Waals surface area (Å²) in [6, 6.07) is 15.4. The van der Waals surface area contributed by atoms with Gasteiger partial charge in [-0.15, -0.1) is 0 Å². The average Bonchev–Trinajstić information content (AvgIpc) is 2.76. The van der Waals surface area contributed by atoms with Gasteiger partial charge >= 0.3 is 0 Å². The van der Waals surface area contributed by atoms with Crippen LogP contribution < -0.4 is 10.6 Å². The maximum absolute atomic E-state index is 12.9. The molecular weight excluding hydrogens is 414 g/mol. The normalized spacial score (nSPS) is 17.1. The van der Waals surface area contributed by atoms with Crippen molar-refractivity contribution in [1.29, 1.82) is 0 Å². The van der Waals surface area contributed by atoms with Crippen LogP contribution in [0, 0.1) is 5.92 Å². The molecule has 2 aromatic rings. The van der Waals surface area contributed by atoms with Gasteiger partial charge in [0.05, 0.1) is 0 Å². The quantitative estimate of drug-likeness (QED) is 0.325. The maximum Gasteiger partial charge on any atom is 0.193 e. The zero-order valence-electron chi connectivity index (χ0n) is 19.9. The molecule has 1 atom stereocenters. The fraction of sp³-hybridized carbons (Fsp3) is 0.481. The van der Waals surface area contributed by atoms with Crippen LogP contribution in [0.25, 0.3) is 0 Å². The van der Waals surface area contributed by atoms with Gasteiger partial charge in [0.2, 0.25) is 0 Å². The Hall–Kier alpha value is -2.24. The van der Waals surface area contributed by atoms with Crippen LogP contribution in [0.3, 0.4) is 0 Å². The van der Waals surface area contributed by atoms with Crippen molar-refractivity contribution in [2.24, 2.45) is 5.92 Å². The van der Waals surface area contributed by atoms with Gasteiger partial charge in [-0.1, -0.05) is 64.1 Å². The van der Waals surface area contributed by atoms with Crippen molar-refractivity contribution >= 4 is 28.8 Å². The van der Waals surface area contributed by atoms with Crippen LogP contribution in [0.1, 0.15) is 68.4 Å². The first-order valence-corrected chi connectivity index (χ1v) is 12.2. The largest absolute Gasteiger partial charge is 0.362 e. The molecule has 1 saturated heterocycles. The second kappa shape index (κ2) is 11.1. The first kappa shape index (κ1) is 24.4. The number of ketones is 1. The fourth-order valence-electron chi connectivity index (χ4n) is 4.20. The van der Waals surface area contributed by atoms with Gasteiger partial charge in [0.25, 0.3) is 0 Å². The van der Waals surface area contributed by atoms with E-state index in [-0.39, 0.29) is 11.2 Å². The summed E-state index contributed by atoms with van der Waals surface area (Å²) in [4.78, 5) is 15.5. The molecular formula is C27H37N3OS. The van der Waals surface area contributed by atoms with E-state index in [1.54, 1.807) is 0 Å². The van der Waals surface area contributed by atoms with Gasteiger partial charge in [0.15, 0.2) is 10.9 Å². The van der Waals surface area contributed by atoms with Crippen LogP contribution in [0.4, 0.5) is 5.69 Å². The van der Waals surface area contributed by atoms with E-state index >= 15 is 0 Å². The maximum atomic E-state index is 12.9. The number of carbonyl (C=O) groups excluding carboxylic acids is 1. The Morgan fingerprint density at radius 3 is 2.56 bits per heavy atom. The summed E-state index contributed by atoms with van der Waals surface area (Å²) in [7, 11) is 0. The summed E-state index contributed by atoms with van der Waals surface area (Å²) >= 11 is 5.46. The molecule has 1 aliphatic rings. The Kier molecular flexibility index (Phi) is 8.44. The number of rotatable bonds is 7. The highest BCUT2D eigenvalue weighted by Crippen LogP contribution is 2.23. The van der Waals surface area contributed by atoms with E-state index in [2.05, 4.69) is 43.2 Å². The van der Waals surface area contributed by atoms with E-state index in [0.717, 1.165) is 31.1 Å². The zero-order valence-corrected chi connectivity index (χ0v) is 20.7. The number of anilines is 1. The van der Waals surface area contributed by atoms with Crippen LogP contribution in [0.5, 0.6) is 0 Å². The molecule has 0 aromatic heterocycles. The molecule has 0 radical (unpaired) electrons. The average molecular weight is 452 g/mol. The minimum atomic E-state index is 0.0174. The van der Waals surface area contributed by atoms with Crippen LogP contribution in [0.2, 0.25) is 0 Å². The molecule has 1 unspecified atom stereocenters. The third kappa shape index (κ3) is 7.14. The molecule has 0 amide bonds. The van der Waals surface area contributed by atoms with Crippen molar-refractivity contribution in [2.75, 3.05) is 31.5 Å². The minimum absolute atomic E-state index is 0.0174. The predicted octanol–water partition coefficient (Wildman–Crippen LogP) is 5.62. The number of likely N-dealkylation sites (tertiary alicyclic amines) is 1. The van der Waals surface area contributed by atoms with Crippen LogP contribution >= 0.6 is 12.2 Å². The lowest BCUT2D eigenvalue weighted by molar-refractivity contribution is 0.103. The lowest BCUT2D eigenvalue weighted by Gasteiger charge is -2.30. The topological polar surface area (TPSA) is 44.4 Å². The van der Waals surface area contributed by atoms with Crippen molar-refractivity contribution in [3.8, 4) is 0 Å². The summed E-state index contributed by atoms with van der Waals surface area (Å²) in [6.07, 6.45) is 3.73. The molecule has 1 heterocycles. The van der Waals surface area contributed by atoms with Crippen molar-refractivity contribution in [1.82, 2.24) is 10.2 Å². The Labute approximate surface area is 198 Å². The second-order valence-electron chi connectivity index (χ2n) is 10.0. The highest BCUT2D eigenvalue weighted by atomic mass is 32.1. The molecule has 2 N–H and O–H groups in total. The lowest BCUT2D eigenvalue weighted by atomic mass is 9.86. The highest BCUT2D eigenvalue weighted by molar-refractivity contribution is 7.80. The van der Waals surface area contributed by atoms with Crippen molar-refractivity contribution in [2.45, 2.75) is 52.4 Å². The van der Waals surface area contributed by atoms with Gasteiger partial charge < -0.3 is 15.5 Å². The number of nitrogens with zero attached hydrogens (tertiary/aromatic N) is 1. The number of nitrogens with one attached hydrogen (secondary N) is 2. The summed E-state index contributed by atoms with van der Waals surface area (Å²) in [5, 5.41) is 7.10. The summed E-state index contributed by atoms with van der Waals surface area (Å²) < 4.78 is 0. The number of piperidine rings is 1. The molecule has 172 valence electrons. The van der Waals surface area contributed by atoms with E-state index in [1.807, 2.05) is 48.5 Å². The van der Waals surface area contributed by atoms with Crippen molar-refractivity contribution in [3.05, 3.63) is 65.2 Å². The van der Waals surface area contributed by atoms with E-state index in [1.165, 1.54) is 31.5 Å². The van der Waals surface area contributed by atoms with Crippen molar-refractivity contribution < 1.29 is 4.79 Å². The molecule has 2 aromatic carbocycles. The molecule has 4 nitrogen and oxygen atoms in total. The summed E-state index contributed by atoms with van der Waals surface area (Å²) in [5.41, 5.74) is 3.46. The van der Waals surface area contributed by atoms with Crippen LogP contribution in [-0.2, 0) is 5.41 Å². The Bertz CT molecular complexity index is 917. The van der Waals surface area contributed by atoms with E-state index < -0.39 is 0 Å². The predicted molar refractivity (Wildman–Crippen MR) is 139 cm³/mol. The van der Waals surface area contributed by atoms with E-state index in [9.17, 15) is 4.79 Å². The van der Waals surface area contributed by atoms with Gasteiger partial charge in [-0.2, -0.15) is 0 Å². The third-order valence-electron chi connectivity index (χ3n) is 6.07. The van der Waals surface area contributed by atoms with Crippen molar-refractivity contribution in [3.63, 3.8) is 0 Å². The van der Waals surface area contributed by atoms with E-state index in [4.69, 9.17) is 12.2 Å². The molecule has 0 bridgehead atoms. The summed E-state index contributed by atoms with van der Waals surface area (Å²) in [6.45, 7) is 13.2. The van der Waals surface area contributed by atoms with Crippen LogP contribution in [0.15, 0.2) is 48.5 Å². The van der Waals surface area contributed by atoms with Gasteiger partial charge in [-0.3, -0.25) is 4.79 Å². The first-order valence-electron chi connectivity index (χ1n) is 11.7. The number of thiocarbonyl (C=S) groups is 1. The van der Waals surface area contributed by atoms with Crippen LogP contribution in [-0.4, -0.2) is 42.0 Å². The highest BCUT2D eigenvalue weighted by Gasteiger charge is 2.16. The molecule has 0 aliphatic carbocycles. The number of hydrogen-bond donors (Lipinski definition) is 2. The zero-order chi connectivity index (χ0) is 23.1. The van der Waals surface area contributed by atoms with Gasteiger partial charge in [0, 0.05) is 29.9 Å². The number of carbonyl (C=O) groups is 1. The Balaban J connectivity index is 1.49. The van der Waals surface area contributed by atoms with Gasteiger partial charge in [-0.25, -0.2) is 0 Å². The minimum Gasteiger partial charge on any atom is -0.362 e. The molecule has 32 heavy (non-hydrogen) atoms. The second-order valence-corrected chi connectivity index (χ2v) is 10.4. The molecule has 0 spiro atoms. The first-order chi connectivity index (χ1) is 15.2. The standard InChI is InChI=1S/C27H37N3OS/c1-20-8-6-16-30(19-20)17-7-15-28-26(32)29-24-10-5-9-22(18-24)25(31)21-11-13-23(14-12-21)27(2,3)4/h5,9-14,18,20H,6-8,15-17,19H2,1-4H3,(H2,28,29,32). The van der Waals surface area contributed by atoms with Gasteiger partial charge in [-0.05, 0) is 73.6 Å².